The lowest BCUT2D eigenvalue weighted by Gasteiger charge is -2.17. The normalized spacial score (nSPS) is 15.8. The maximum atomic E-state index is 12.6. The highest BCUT2D eigenvalue weighted by molar-refractivity contribution is 6.36. The van der Waals surface area contributed by atoms with Crippen LogP contribution >= 0.6 is 11.6 Å². The van der Waals surface area contributed by atoms with Crippen molar-refractivity contribution in [3.63, 3.8) is 0 Å². The summed E-state index contributed by atoms with van der Waals surface area (Å²) in [6.45, 7) is 0.325. The van der Waals surface area contributed by atoms with Crippen molar-refractivity contribution >= 4 is 34.5 Å². The van der Waals surface area contributed by atoms with Crippen molar-refractivity contribution in [2.24, 2.45) is 5.73 Å². The molecule has 0 unspecified atom stereocenters. The lowest BCUT2D eigenvalue weighted by molar-refractivity contribution is -0.112. The molecular formula is C16H13ClN2O. The van der Waals surface area contributed by atoms with E-state index in [4.69, 9.17) is 17.3 Å². The molecule has 0 saturated carbocycles. The number of carbonyl (C=O) groups is 1. The first-order valence-electron chi connectivity index (χ1n) is 6.32. The second-order valence-corrected chi connectivity index (χ2v) is 4.93. The van der Waals surface area contributed by atoms with Crippen LogP contribution in [0.5, 0.6) is 0 Å². The van der Waals surface area contributed by atoms with E-state index in [1.54, 1.807) is 23.1 Å². The van der Waals surface area contributed by atoms with Crippen LogP contribution in [-0.2, 0) is 4.79 Å². The van der Waals surface area contributed by atoms with E-state index in [-0.39, 0.29) is 5.91 Å². The van der Waals surface area contributed by atoms with Gasteiger partial charge in [0.2, 0.25) is 0 Å². The third-order valence-electron chi connectivity index (χ3n) is 3.26. The predicted molar refractivity (Wildman–Crippen MR) is 82.1 cm³/mol. The first-order valence-corrected chi connectivity index (χ1v) is 6.70. The Hall–Kier alpha value is -2.10. The van der Waals surface area contributed by atoms with Crippen molar-refractivity contribution in [2.45, 2.75) is 0 Å². The Balaban J connectivity index is 2.21. The summed E-state index contributed by atoms with van der Waals surface area (Å²) >= 11 is 6.07. The lowest BCUT2D eigenvalue weighted by atomic mass is 10.1. The molecule has 4 heteroatoms. The second-order valence-electron chi connectivity index (χ2n) is 4.49. The van der Waals surface area contributed by atoms with Gasteiger partial charge in [-0.15, -0.1) is 0 Å². The predicted octanol–water partition coefficient (Wildman–Crippen LogP) is 3.36. The van der Waals surface area contributed by atoms with E-state index in [0.717, 1.165) is 16.9 Å². The monoisotopic (exact) mass is 284 g/mol. The Labute approximate surface area is 122 Å². The Morgan fingerprint density at radius 3 is 2.60 bits per heavy atom. The minimum absolute atomic E-state index is 0.0704. The molecule has 3 nitrogen and oxygen atoms in total. The van der Waals surface area contributed by atoms with E-state index in [1.165, 1.54) is 0 Å². The Kier molecular flexibility index (Phi) is 3.30. The number of nitrogens with two attached hydrogens (primary N) is 1. The smallest absolute Gasteiger partial charge is 0.263 e. The van der Waals surface area contributed by atoms with E-state index in [1.807, 2.05) is 36.4 Å². The van der Waals surface area contributed by atoms with Gasteiger partial charge in [0.05, 0.1) is 5.69 Å². The van der Waals surface area contributed by atoms with Gasteiger partial charge in [0.25, 0.3) is 5.91 Å². The van der Waals surface area contributed by atoms with Crippen LogP contribution in [0.1, 0.15) is 5.56 Å². The summed E-state index contributed by atoms with van der Waals surface area (Å²) in [5, 5.41) is 0.603. The molecule has 1 heterocycles. The lowest BCUT2D eigenvalue weighted by Crippen LogP contribution is -2.20. The molecule has 0 aromatic heterocycles. The number of hydrogen-bond donors (Lipinski definition) is 1. The van der Waals surface area contributed by atoms with Crippen molar-refractivity contribution in [1.82, 2.24) is 0 Å². The molecule has 100 valence electrons. The van der Waals surface area contributed by atoms with Gasteiger partial charge in [-0.25, -0.2) is 0 Å². The average Bonchev–Trinajstić information content (AvgIpc) is 2.72. The zero-order valence-electron chi connectivity index (χ0n) is 10.7. The molecule has 2 N–H and O–H groups in total. The van der Waals surface area contributed by atoms with Crippen molar-refractivity contribution < 1.29 is 4.79 Å². The quantitative estimate of drug-likeness (QED) is 0.860. The molecule has 0 atom stereocenters. The van der Waals surface area contributed by atoms with E-state index < -0.39 is 0 Å². The van der Waals surface area contributed by atoms with Gasteiger partial charge in [0.1, 0.15) is 0 Å². The number of para-hydroxylation sites is 1. The fourth-order valence-electron chi connectivity index (χ4n) is 2.41. The summed E-state index contributed by atoms with van der Waals surface area (Å²) < 4.78 is 0. The molecule has 1 aliphatic heterocycles. The van der Waals surface area contributed by atoms with Crippen LogP contribution < -0.4 is 10.6 Å². The van der Waals surface area contributed by atoms with Gasteiger partial charge >= 0.3 is 0 Å². The topological polar surface area (TPSA) is 46.3 Å². The molecule has 0 saturated heterocycles. The molecule has 0 aliphatic carbocycles. The maximum absolute atomic E-state index is 12.6. The molecule has 1 amide bonds. The van der Waals surface area contributed by atoms with Crippen molar-refractivity contribution in [3.05, 3.63) is 65.2 Å². The summed E-state index contributed by atoms with van der Waals surface area (Å²) in [6.07, 6.45) is 1.75. The van der Waals surface area contributed by atoms with Gasteiger partial charge in [-0.2, -0.15) is 0 Å². The largest absolute Gasteiger partial charge is 0.327 e. The summed E-state index contributed by atoms with van der Waals surface area (Å²) in [5.41, 5.74) is 8.69. The van der Waals surface area contributed by atoms with Crippen molar-refractivity contribution in [1.29, 1.82) is 0 Å². The molecule has 3 rings (SSSR count). The van der Waals surface area contributed by atoms with Crippen LogP contribution in [0.2, 0.25) is 5.02 Å². The van der Waals surface area contributed by atoms with Gasteiger partial charge in [-0.1, -0.05) is 41.9 Å². The number of amides is 1. The molecule has 20 heavy (non-hydrogen) atoms. The number of nitrogens with zero attached hydrogens (tertiary/aromatic N) is 1. The Morgan fingerprint density at radius 2 is 1.90 bits per heavy atom. The highest BCUT2D eigenvalue weighted by atomic mass is 35.5. The van der Waals surface area contributed by atoms with Crippen molar-refractivity contribution in [2.75, 3.05) is 11.4 Å². The average molecular weight is 285 g/mol. The summed E-state index contributed by atoms with van der Waals surface area (Å²) in [6, 6.07) is 15.0. The van der Waals surface area contributed by atoms with Gasteiger partial charge < -0.3 is 5.73 Å². The van der Waals surface area contributed by atoms with E-state index in [2.05, 4.69) is 0 Å². The number of fused-ring (bicyclic) bond motifs is 1. The molecule has 2 aromatic rings. The van der Waals surface area contributed by atoms with Crippen LogP contribution in [0, 0.1) is 0 Å². The maximum Gasteiger partial charge on any atom is 0.263 e. The molecule has 1 aliphatic rings. The van der Waals surface area contributed by atoms with E-state index >= 15 is 0 Å². The van der Waals surface area contributed by atoms with E-state index in [0.29, 0.717) is 17.1 Å². The number of halogens is 1. The Bertz CT molecular complexity index is 695. The minimum atomic E-state index is -0.0704. The van der Waals surface area contributed by atoms with Crippen molar-refractivity contribution in [3.8, 4) is 0 Å². The van der Waals surface area contributed by atoms with Crippen LogP contribution in [0.4, 0.5) is 11.4 Å². The molecule has 0 bridgehead atoms. The van der Waals surface area contributed by atoms with Crippen LogP contribution in [0.3, 0.4) is 0 Å². The van der Waals surface area contributed by atoms with Gasteiger partial charge in [0.15, 0.2) is 0 Å². The van der Waals surface area contributed by atoms with Crippen LogP contribution in [0.15, 0.2) is 54.6 Å². The van der Waals surface area contributed by atoms with Crippen LogP contribution in [0.25, 0.3) is 5.57 Å². The summed E-state index contributed by atoms with van der Waals surface area (Å²) in [4.78, 5) is 14.3. The Morgan fingerprint density at radius 1 is 1.15 bits per heavy atom. The van der Waals surface area contributed by atoms with Gasteiger partial charge in [0, 0.05) is 28.4 Å². The summed E-state index contributed by atoms with van der Waals surface area (Å²) in [5.74, 6) is -0.0704. The van der Waals surface area contributed by atoms with Crippen LogP contribution in [-0.4, -0.2) is 12.5 Å². The molecule has 0 spiro atoms. The highest BCUT2D eigenvalue weighted by Crippen LogP contribution is 2.42. The molecule has 2 aromatic carbocycles. The SMILES string of the molecule is NCC=C1C(=O)N(c2ccccc2)c2cc(Cl)ccc21. The second kappa shape index (κ2) is 5.12. The summed E-state index contributed by atoms with van der Waals surface area (Å²) in [7, 11) is 0. The number of carbonyl (C=O) groups excluding carboxylic acids is 1. The standard InChI is InChI=1S/C16H13ClN2O/c17-11-6-7-13-14(8-9-18)16(20)19(15(13)10-11)12-4-2-1-3-5-12/h1-8,10H,9,18H2. The molecular weight excluding hydrogens is 272 g/mol. The third kappa shape index (κ3) is 2.01. The first-order chi connectivity index (χ1) is 9.72. The number of benzene rings is 2. The molecule has 0 fully saturated rings. The third-order valence-corrected chi connectivity index (χ3v) is 3.50. The first kappa shape index (κ1) is 12.9. The number of hydrogen-bond acceptors (Lipinski definition) is 2. The molecule has 0 radical (unpaired) electrons. The van der Waals surface area contributed by atoms with Gasteiger partial charge in [-0.3, -0.25) is 9.69 Å². The minimum Gasteiger partial charge on any atom is -0.327 e. The van der Waals surface area contributed by atoms with E-state index in [9.17, 15) is 4.79 Å². The number of anilines is 2. The zero-order valence-corrected chi connectivity index (χ0v) is 11.5. The number of rotatable bonds is 2. The van der Waals surface area contributed by atoms with Gasteiger partial charge in [-0.05, 0) is 24.3 Å². The fraction of sp³-hybridized carbons (Fsp3) is 0.0625. The zero-order chi connectivity index (χ0) is 14.1. The highest BCUT2D eigenvalue weighted by Gasteiger charge is 2.33. The fourth-order valence-corrected chi connectivity index (χ4v) is 2.58.